The Kier molecular flexibility index (Phi) is 2.22. The molecule has 0 saturated carbocycles. The molecule has 2 aliphatic rings. The van der Waals surface area contributed by atoms with Crippen LogP contribution in [0.2, 0.25) is 5.28 Å². The van der Waals surface area contributed by atoms with Crippen LogP contribution in [0.1, 0.15) is 19.3 Å². The summed E-state index contributed by atoms with van der Waals surface area (Å²) in [7, 11) is 0. The lowest BCUT2D eigenvalue weighted by molar-refractivity contribution is 0.102. The number of fused-ring (bicyclic) bond motifs is 3. The van der Waals surface area contributed by atoms with Gasteiger partial charge in [0.25, 0.3) is 0 Å². The smallest absolute Gasteiger partial charge is 0.226 e. The van der Waals surface area contributed by atoms with Crippen LogP contribution < -0.4 is 5.32 Å². The third-order valence-electron chi connectivity index (χ3n) is 3.71. The van der Waals surface area contributed by atoms with E-state index in [1.807, 2.05) is 0 Å². The van der Waals surface area contributed by atoms with E-state index in [1.165, 1.54) is 6.42 Å². The van der Waals surface area contributed by atoms with Crippen LogP contribution in [0.4, 0.5) is 5.82 Å². The Hall–Kier alpha value is -1.40. The molecule has 2 saturated heterocycles. The van der Waals surface area contributed by atoms with Crippen molar-refractivity contribution in [1.29, 1.82) is 0 Å². The fraction of sp³-hybridized carbons (Fsp3) is 0.545. The first-order valence-corrected chi connectivity index (χ1v) is 6.46. The van der Waals surface area contributed by atoms with Crippen LogP contribution in [0.5, 0.6) is 0 Å². The average Bonchev–Trinajstić information content (AvgIpc) is 3.02. The van der Waals surface area contributed by atoms with E-state index in [4.69, 9.17) is 16.3 Å². The minimum absolute atomic E-state index is 0.221. The normalized spacial score (nSPS) is 30.2. The minimum atomic E-state index is 0.221. The van der Waals surface area contributed by atoms with Crippen LogP contribution in [0.25, 0.3) is 11.0 Å². The molecule has 0 spiro atoms. The lowest BCUT2D eigenvalue weighted by Gasteiger charge is -2.20. The van der Waals surface area contributed by atoms with E-state index in [9.17, 15) is 0 Å². The molecular weight excluding hydrogens is 254 g/mol. The second kappa shape index (κ2) is 3.80. The highest BCUT2D eigenvalue weighted by Crippen LogP contribution is 2.36. The van der Waals surface area contributed by atoms with Gasteiger partial charge in [-0.3, -0.25) is 5.10 Å². The zero-order chi connectivity index (χ0) is 12.1. The summed E-state index contributed by atoms with van der Waals surface area (Å²) in [5.74, 6) is 0.736. The Morgan fingerprint density at radius 3 is 3.11 bits per heavy atom. The van der Waals surface area contributed by atoms with Crippen LogP contribution in [-0.4, -0.2) is 38.4 Å². The SMILES string of the molecule is Clc1nc(NC2CC3CCC2O3)c2cn[nH]c2n1. The number of nitrogens with zero attached hydrogens (tertiary/aromatic N) is 3. The van der Waals surface area contributed by atoms with Crippen LogP contribution in [0.15, 0.2) is 6.20 Å². The third kappa shape index (κ3) is 1.56. The molecule has 7 heteroatoms. The van der Waals surface area contributed by atoms with Crippen molar-refractivity contribution >= 4 is 28.5 Å². The quantitative estimate of drug-likeness (QED) is 0.809. The van der Waals surface area contributed by atoms with Crippen molar-refractivity contribution in [3.63, 3.8) is 0 Å². The molecule has 0 aromatic carbocycles. The molecule has 0 radical (unpaired) electrons. The van der Waals surface area contributed by atoms with Gasteiger partial charge >= 0.3 is 0 Å². The lowest BCUT2D eigenvalue weighted by Crippen LogP contribution is -2.30. The number of anilines is 1. The van der Waals surface area contributed by atoms with Gasteiger partial charge in [-0.1, -0.05) is 0 Å². The summed E-state index contributed by atoms with van der Waals surface area (Å²) < 4.78 is 5.82. The van der Waals surface area contributed by atoms with Crippen molar-refractivity contribution < 1.29 is 4.74 Å². The van der Waals surface area contributed by atoms with Crippen molar-refractivity contribution in [2.24, 2.45) is 0 Å². The summed E-state index contributed by atoms with van der Waals surface area (Å²) >= 11 is 5.90. The summed E-state index contributed by atoms with van der Waals surface area (Å²) in [6.45, 7) is 0. The Morgan fingerprint density at radius 1 is 1.39 bits per heavy atom. The molecule has 3 atom stereocenters. The Morgan fingerprint density at radius 2 is 2.33 bits per heavy atom. The van der Waals surface area contributed by atoms with E-state index in [0.29, 0.717) is 23.9 Å². The molecule has 2 bridgehead atoms. The van der Waals surface area contributed by atoms with Gasteiger partial charge in [-0.2, -0.15) is 15.1 Å². The van der Waals surface area contributed by atoms with Gasteiger partial charge in [0.05, 0.1) is 29.8 Å². The standard InChI is InChI=1S/C11H12ClN5O/c12-11-15-9(6-4-13-17-10(6)16-11)14-7-3-5-1-2-8(7)18-5/h4-5,7-8H,1-3H2,(H2,13,14,15,16,17). The number of H-pyrrole nitrogens is 1. The number of aromatic nitrogens is 4. The number of ether oxygens (including phenoxy) is 1. The second-order valence-corrected chi connectivity index (χ2v) is 5.17. The minimum Gasteiger partial charge on any atom is -0.373 e. The predicted molar refractivity (Wildman–Crippen MR) is 66.6 cm³/mol. The zero-order valence-electron chi connectivity index (χ0n) is 9.56. The maximum atomic E-state index is 5.90. The highest BCUT2D eigenvalue weighted by Gasteiger charge is 2.41. The van der Waals surface area contributed by atoms with E-state index >= 15 is 0 Å². The summed E-state index contributed by atoms with van der Waals surface area (Å²) in [4.78, 5) is 8.33. The summed E-state index contributed by atoms with van der Waals surface area (Å²) in [6, 6.07) is 0.313. The van der Waals surface area contributed by atoms with Crippen molar-refractivity contribution in [2.75, 3.05) is 5.32 Å². The Bertz CT molecular complexity index is 600. The number of aromatic amines is 1. The molecular formula is C11H12ClN5O. The molecule has 3 unspecified atom stereocenters. The lowest BCUT2D eigenvalue weighted by atomic mass is 9.95. The van der Waals surface area contributed by atoms with Crippen LogP contribution in [0, 0.1) is 0 Å². The molecule has 2 aliphatic heterocycles. The first kappa shape index (κ1) is 10.5. The fourth-order valence-electron chi connectivity index (χ4n) is 2.88. The van der Waals surface area contributed by atoms with Gasteiger partial charge in [0.2, 0.25) is 5.28 Å². The predicted octanol–water partition coefficient (Wildman–Crippen LogP) is 1.74. The first-order chi connectivity index (χ1) is 8.79. The Labute approximate surface area is 108 Å². The van der Waals surface area contributed by atoms with Crippen molar-refractivity contribution in [3.05, 3.63) is 11.5 Å². The largest absolute Gasteiger partial charge is 0.373 e. The van der Waals surface area contributed by atoms with Gasteiger partial charge in [-0.05, 0) is 30.9 Å². The highest BCUT2D eigenvalue weighted by molar-refractivity contribution is 6.28. The zero-order valence-corrected chi connectivity index (χ0v) is 10.3. The van der Waals surface area contributed by atoms with E-state index in [1.54, 1.807) is 6.20 Å². The summed E-state index contributed by atoms with van der Waals surface area (Å²) in [6.07, 6.45) is 5.74. The molecule has 6 nitrogen and oxygen atoms in total. The molecule has 0 aliphatic carbocycles. The topological polar surface area (TPSA) is 75.7 Å². The second-order valence-electron chi connectivity index (χ2n) is 4.83. The highest BCUT2D eigenvalue weighted by atomic mass is 35.5. The number of hydrogen-bond donors (Lipinski definition) is 2. The fourth-order valence-corrected chi connectivity index (χ4v) is 3.05. The maximum absolute atomic E-state index is 5.90. The first-order valence-electron chi connectivity index (χ1n) is 6.08. The van der Waals surface area contributed by atoms with Gasteiger partial charge in [0.1, 0.15) is 5.82 Å². The maximum Gasteiger partial charge on any atom is 0.226 e. The summed E-state index contributed by atoms with van der Waals surface area (Å²) in [5.41, 5.74) is 0.654. The molecule has 2 aromatic rings. The van der Waals surface area contributed by atoms with Crippen molar-refractivity contribution in [3.8, 4) is 0 Å². The number of rotatable bonds is 2. The van der Waals surface area contributed by atoms with Gasteiger partial charge in [-0.15, -0.1) is 0 Å². The van der Waals surface area contributed by atoms with E-state index < -0.39 is 0 Å². The summed E-state index contributed by atoms with van der Waals surface area (Å²) in [5, 5.41) is 11.3. The molecule has 2 N–H and O–H groups in total. The van der Waals surface area contributed by atoms with Gasteiger partial charge in [0, 0.05) is 0 Å². The number of halogens is 1. The average molecular weight is 266 g/mol. The molecule has 2 aromatic heterocycles. The third-order valence-corrected chi connectivity index (χ3v) is 3.88. The van der Waals surface area contributed by atoms with Crippen molar-refractivity contribution in [1.82, 2.24) is 20.2 Å². The monoisotopic (exact) mass is 265 g/mol. The van der Waals surface area contributed by atoms with Crippen LogP contribution in [0.3, 0.4) is 0 Å². The number of hydrogen-bond acceptors (Lipinski definition) is 5. The molecule has 4 heterocycles. The van der Waals surface area contributed by atoms with E-state index in [0.717, 1.165) is 24.0 Å². The van der Waals surface area contributed by atoms with Gasteiger partial charge < -0.3 is 10.1 Å². The van der Waals surface area contributed by atoms with Gasteiger partial charge in [-0.25, -0.2) is 0 Å². The molecule has 2 fully saturated rings. The van der Waals surface area contributed by atoms with Crippen LogP contribution in [-0.2, 0) is 4.74 Å². The Balaban J connectivity index is 1.68. The van der Waals surface area contributed by atoms with E-state index in [-0.39, 0.29) is 5.28 Å². The molecule has 18 heavy (non-hydrogen) atoms. The number of nitrogens with one attached hydrogen (secondary N) is 2. The molecule has 0 amide bonds. The molecule has 94 valence electrons. The van der Waals surface area contributed by atoms with Gasteiger partial charge in [0.15, 0.2) is 5.65 Å². The van der Waals surface area contributed by atoms with Crippen LogP contribution >= 0.6 is 11.6 Å². The molecule has 4 rings (SSSR count). The van der Waals surface area contributed by atoms with Crippen molar-refractivity contribution in [2.45, 2.75) is 37.5 Å². The van der Waals surface area contributed by atoms with E-state index in [2.05, 4.69) is 25.5 Å².